The molecule has 0 radical (unpaired) electrons. The summed E-state index contributed by atoms with van der Waals surface area (Å²) in [6.45, 7) is 14.6. The number of aliphatic hydroxyl groups excluding tert-OH is 3. The fourth-order valence-corrected chi connectivity index (χ4v) is 7.89. The van der Waals surface area contributed by atoms with E-state index in [1.54, 1.807) is 34.6 Å². The van der Waals surface area contributed by atoms with E-state index in [1.165, 1.54) is 7.11 Å². The molecule has 4 aliphatic heterocycles. The molecule has 0 aromatic carbocycles. The first-order valence-electron chi connectivity index (χ1n) is 17.7. The summed E-state index contributed by atoms with van der Waals surface area (Å²) < 4.78 is 43.0. The fourth-order valence-electron chi connectivity index (χ4n) is 7.89. The van der Waals surface area contributed by atoms with Crippen LogP contribution in [0.15, 0.2) is 0 Å². The van der Waals surface area contributed by atoms with Crippen LogP contribution in [0, 0.1) is 29.6 Å². The van der Waals surface area contributed by atoms with Crippen LogP contribution < -0.4 is 0 Å². The second-order valence-electron chi connectivity index (χ2n) is 15.3. The highest BCUT2D eigenvalue weighted by Crippen LogP contribution is 2.43. The highest BCUT2D eigenvalue weighted by molar-refractivity contribution is 5.92. The third-order valence-corrected chi connectivity index (χ3v) is 11.4. The minimum atomic E-state index is -1.10. The number of carbonyl (C=O) groups is 2. The van der Waals surface area contributed by atoms with E-state index < -0.39 is 96.7 Å². The molecule has 0 bridgehead atoms. The third-order valence-electron chi connectivity index (χ3n) is 11.4. The zero-order chi connectivity index (χ0) is 35.8. The Morgan fingerprint density at radius 3 is 2.02 bits per heavy atom. The highest BCUT2D eigenvalue weighted by atomic mass is 16.7. The van der Waals surface area contributed by atoms with Gasteiger partial charge in [-0.2, -0.15) is 0 Å². The minimum Gasteiger partial charge on any atom is -0.462 e. The first-order chi connectivity index (χ1) is 22.4. The van der Waals surface area contributed by atoms with E-state index in [9.17, 15) is 24.9 Å². The smallest absolute Gasteiger partial charge is 0.311 e. The maximum absolute atomic E-state index is 13.9. The molecule has 4 heterocycles. The number of ketones is 1. The Kier molecular flexibility index (Phi) is 13.1. The predicted molar refractivity (Wildman–Crippen MR) is 174 cm³/mol. The number of Topliss-reactive ketones (excluding diaryl/α,β-unsaturated/α-hetero) is 1. The Balaban J connectivity index is 1.75. The number of epoxide rings is 1. The van der Waals surface area contributed by atoms with Crippen LogP contribution in [0.4, 0.5) is 0 Å². The normalized spacial score (nSPS) is 49.9. The van der Waals surface area contributed by atoms with Gasteiger partial charge >= 0.3 is 5.97 Å². The van der Waals surface area contributed by atoms with Gasteiger partial charge in [0.05, 0.1) is 49.1 Å². The van der Waals surface area contributed by atoms with Gasteiger partial charge in [-0.3, -0.25) is 9.59 Å². The molecule has 0 aliphatic carbocycles. The SMILES string of the molecule is CO[C@@H]1C[C@@H](O[C@H]2C(C)[C@@H](O[C@@H]3O[C@H](C)C[C@H](N(C)C)[C@H]3O)[C@@H](C)C[C@@]3(CO3)C(=O)[C@H](C)[C@@H](O)[C@@H](C)[C@@H](C)OC(=O)[C@@H]2C)OC(C)[C@H]1O. The first kappa shape index (κ1) is 39.5. The Labute approximate surface area is 285 Å². The van der Waals surface area contributed by atoms with Crippen LogP contribution in [0.2, 0.25) is 0 Å². The number of aliphatic hydroxyl groups is 3. The van der Waals surface area contributed by atoms with Crippen molar-refractivity contribution in [3.8, 4) is 0 Å². The number of cyclic esters (lactones) is 1. The molecule has 13 nitrogen and oxygen atoms in total. The Morgan fingerprint density at radius 1 is 0.792 bits per heavy atom. The number of hydrogen-bond donors (Lipinski definition) is 3. The van der Waals surface area contributed by atoms with Gasteiger partial charge in [-0.05, 0) is 60.5 Å². The molecular weight excluding hydrogens is 626 g/mol. The van der Waals surface area contributed by atoms with E-state index in [0.29, 0.717) is 6.42 Å². The van der Waals surface area contributed by atoms with E-state index in [4.69, 9.17) is 33.2 Å². The van der Waals surface area contributed by atoms with Crippen molar-refractivity contribution in [1.29, 1.82) is 0 Å². The third kappa shape index (κ3) is 8.43. The summed E-state index contributed by atoms with van der Waals surface area (Å²) in [6.07, 6.45) is -7.15. The van der Waals surface area contributed by atoms with Crippen molar-refractivity contribution >= 4 is 11.8 Å². The quantitative estimate of drug-likeness (QED) is 0.274. The lowest BCUT2D eigenvalue weighted by Gasteiger charge is -2.46. The lowest BCUT2D eigenvalue weighted by atomic mass is 9.76. The van der Waals surface area contributed by atoms with Gasteiger partial charge < -0.3 is 53.4 Å². The predicted octanol–water partition coefficient (Wildman–Crippen LogP) is 1.91. The maximum Gasteiger partial charge on any atom is 0.311 e. The molecule has 4 saturated heterocycles. The number of ether oxygens (including phenoxy) is 7. The summed E-state index contributed by atoms with van der Waals surface area (Å²) >= 11 is 0. The summed E-state index contributed by atoms with van der Waals surface area (Å²) in [4.78, 5) is 29.7. The molecule has 48 heavy (non-hydrogen) atoms. The van der Waals surface area contributed by atoms with Crippen molar-refractivity contribution in [3.05, 3.63) is 0 Å². The summed E-state index contributed by atoms with van der Waals surface area (Å²) in [5.74, 6) is -3.74. The van der Waals surface area contributed by atoms with Gasteiger partial charge in [0, 0.05) is 37.3 Å². The minimum absolute atomic E-state index is 0.198. The fraction of sp³-hybridized carbons (Fsp3) is 0.943. The second-order valence-corrected chi connectivity index (χ2v) is 15.3. The van der Waals surface area contributed by atoms with E-state index >= 15 is 0 Å². The van der Waals surface area contributed by atoms with Crippen LogP contribution in [-0.4, -0.2) is 139 Å². The molecule has 4 fully saturated rings. The molecule has 4 aliphatic rings. The van der Waals surface area contributed by atoms with Crippen molar-refractivity contribution in [2.75, 3.05) is 27.8 Å². The molecule has 0 saturated carbocycles. The molecule has 1 spiro atoms. The topological polar surface area (TPSA) is 166 Å². The summed E-state index contributed by atoms with van der Waals surface area (Å²) in [7, 11) is 5.32. The molecule has 2 unspecified atom stereocenters. The maximum atomic E-state index is 13.9. The van der Waals surface area contributed by atoms with Crippen LogP contribution in [0.1, 0.15) is 74.7 Å². The number of carbonyl (C=O) groups excluding carboxylic acids is 2. The second kappa shape index (κ2) is 16.0. The van der Waals surface area contributed by atoms with Gasteiger partial charge in [0.1, 0.15) is 18.3 Å². The first-order valence-corrected chi connectivity index (χ1v) is 17.7. The molecule has 0 amide bonds. The Hall–Kier alpha value is -1.26. The van der Waals surface area contributed by atoms with Crippen molar-refractivity contribution in [2.45, 2.75) is 154 Å². The zero-order valence-electron chi connectivity index (χ0n) is 30.6. The molecule has 13 heteroatoms. The molecule has 18 atom stereocenters. The van der Waals surface area contributed by atoms with Crippen LogP contribution in [0.25, 0.3) is 0 Å². The Bertz CT molecular complexity index is 1090. The van der Waals surface area contributed by atoms with Gasteiger partial charge in [-0.15, -0.1) is 0 Å². The average molecular weight is 688 g/mol. The lowest BCUT2D eigenvalue weighted by molar-refractivity contribution is -0.299. The number of methoxy groups -OCH3 is 1. The standard InChI is InChI=1S/C35H61NO12/c1-16-14-35(15-43-35)32(40)19(4)27(37)18(3)22(7)46-33(41)21(6)31(47-26-13-25(42-11)28(38)23(8)45-26)20(5)30(16)48-34-29(39)24(36(9)10)12-17(2)44-34/h16-31,34,37-39H,12-15H2,1-11H3/t16-,17+,18-,19+,20?,21+,22+,23?,24-,25+,26+,27-,28+,29+,30-,31-,34-,35+/m0/s1. The van der Waals surface area contributed by atoms with Gasteiger partial charge in [-0.25, -0.2) is 0 Å². The highest BCUT2D eigenvalue weighted by Gasteiger charge is 2.57. The molecule has 0 aromatic rings. The van der Waals surface area contributed by atoms with E-state index in [-0.39, 0.29) is 43.3 Å². The number of nitrogens with zero attached hydrogens (tertiary/aromatic N) is 1. The molecule has 4 rings (SSSR count). The van der Waals surface area contributed by atoms with Crippen LogP contribution in [-0.2, 0) is 42.7 Å². The summed E-state index contributed by atoms with van der Waals surface area (Å²) in [5.41, 5.74) is -1.10. The molecule has 278 valence electrons. The van der Waals surface area contributed by atoms with Gasteiger partial charge in [-0.1, -0.05) is 27.7 Å². The lowest BCUT2D eigenvalue weighted by Crippen LogP contribution is -2.57. The largest absolute Gasteiger partial charge is 0.462 e. The van der Waals surface area contributed by atoms with Crippen molar-refractivity contribution in [3.63, 3.8) is 0 Å². The zero-order valence-corrected chi connectivity index (χ0v) is 30.6. The number of hydrogen-bond acceptors (Lipinski definition) is 13. The van der Waals surface area contributed by atoms with Crippen LogP contribution >= 0.6 is 0 Å². The monoisotopic (exact) mass is 687 g/mol. The van der Waals surface area contributed by atoms with Crippen molar-refractivity contribution in [1.82, 2.24) is 4.90 Å². The molecule has 0 aromatic heterocycles. The van der Waals surface area contributed by atoms with Gasteiger partial charge in [0.25, 0.3) is 0 Å². The average Bonchev–Trinajstić information content (AvgIpc) is 3.82. The van der Waals surface area contributed by atoms with E-state index in [0.717, 1.165) is 0 Å². The van der Waals surface area contributed by atoms with Crippen LogP contribution in [0.5, 0.6) is 0 Å². The molecule has 3 N–H and O–H groups in total. The van der Waals surface area contributed by atoms with E-state index in [1.807, 2.05) is 39.8 Å². The molecular formula is C35H61NO12. The van der Waals surface area contributed by atoms with Crippen molar-refractivity contribution in [2.24, 2.45) is 29.6 Å². The van der Waals surface area contributed by atoms with Gasteiger partial charge in [0.15, 0.2) is 24.0 Å². The Morgan fingerprint density at radius 2 is 1.44 bits per heavy atom. The number of likely N-dealkylation sites (N-methyl/N-ethyl adjacent to an activating group) is 1. The van der Waals surface area contributed by atoms with E-state index in [2.05, 4.69) is 0 Å². The summed E-state index contributed by atoms with van der Waals surface area (Å²) in [5, 5.41) is 33.3. The summed E-state index contributed by atoms with van der Waals surface area (Å²) in [6, 6.07) is -0.219. The van der Waals surface area contributed by atoms with Crippen LogP contribution in [0.3, 0.4) is 0 Å². The van der Waals surface area contributed by atoms with Crippen molar-refractivity contribution < 1.29 is 58.1 Å². The number of rotatable bonds is 6. The number of esters is 1. The van der Waals surface area contributed by atoms with Gasteiger partial charge in [0.2, 0.25) is 0 Å².